The number of hydrogen-bond acceptors (Lipinski definition) is 5. The molecule has 1 aliphatic heterocycles. The average Bonchev–Trinajstić information content (AvgIpc) is 3.24. The Morgan fingerprint density at radius 1 is 0.920 bits per heavy atom. The van der Waals surface area contributed by atoms with E-state index in [1.165, 1.54) is 62.1 Å². The number of fused-ring (bicyclic) bond motifs is 1. The number of rotatable bonds is 7. The third-order valence-electron chi connectivity index (χ3n) is 8.61. The molecule has 256 valence electrons. The number of aryl methyl sites for hydroxylation is 1. The zero-order valence-corrected chi connectivity index (χ0v) is 27.6. The minimum absolute atomic E-state index is 0.0213. The molecule has 50 heavy (non-hydrogen) atoms. The van der Waals surface area contributed by atoms with E-state index in [4.69, 9.17) is 12.2 Å². The van der Waals surface area contributed by atoms with Crippen molar-refractivity contribution in [2.24, 2.45) is 0 Å². The van der Waals surface area contributed by atoms with Crippen LogP contribution in [0.1, 0.15) is 52.2 Å². The van der Waals surface area contributed by atoms with Crippen molar-refractivity contribution in [1.29, 1.82) is 0 Å². The van der Waals surface area contributed by atoms with Gasteiger partial charge < -0.3 is 10.2 Å². The predicted molar refractivity (Wildman–Crippen MR) is 182 cm³/mol. The van der Waals surface area contributed by atoms with Gasteiger partial charge in [0.25, 0.3) is 17.4 Å². The van der Waals surface area contributed by atoms with Crippen LogP contribution in [0.3, 0.4) is 0 Å². The first-order valence-electron chi connectivity index (χ1n) is 15.3. The first-order chi connectivity index (χ1) is 23.6. The summed E-state index contributed by atoms with van der Waals surface area (Å²) in [7, 11) is 0. The van der Waals surface area contributed by atoms with E-state index in [9.17, 15) is 31.9 Å². The molecule has 0 bridgehead atoms. The number of H-pyrrole nitrogens is 1. The van der Waals surface area contributed by atoms with E-state index < -0.39 is 40.7 Å². The van der Waals surface area contributed by atoms with Gasteiger partial charge in [0.05, 0.1) is 27.9 Å². The number of halogens is 5. The minimum Gasteiger partial charge on any atom is -0.348 e. The molecule has 0 radical (unpaired) electrons. The fourth-order valence-electron chi connectivity index (χ4n) is 5.96. The number of thiocarbonyl (C=S) groups is 1. The van der Waals surface area contributed by atoms with Gasteiger partial charge in [-0.25, -0.2) is 13.9 Å². The van der Waals surface area contributed by atoms with Crippen molar-refractivity contribution < 1.29 is 31.5 Å². The maximum atomic E-state index is 15.5. The summed E-state index contributed by atoms with van der Waals surface area (Å²) in [5, 5.41) is 10.0. The highest BCUT2D eigenvalue weighted by Gasteiger charge is 2.50. The highest BCUT2D eigenvalue weighted by Crippen LogP contribution is 2.40. The summed E-state index contributed by atoms with van der Waals surface area (Å²) in [6.45, 7) is 4.03. The second-order valence-corrected chi connectivity index (χ2v) is 12.7. The highest BCUT2D eigenvalue weighted by atomic mass is 32.1. The van der Waals surface area contributed by atoms with Crippen LogP contribution >= 0.6 is 12.2 Å². The molecule has 5 aromatic rings. The zero-order chi connectivity index (χ0) is 36.1. The van der Waals surface area contributed by atoms with E-state index in [2.05, 4.69) is 15.5 Å². The van der Waals surface area contributed by atoms with Crippen LogP contribution in [0.5, 0.6) is 0 Å². The lowest BCUT2D eigenvalue weighted by Crippen LogP contribution is -2.44. The van der Waals surface area contributed by atoms with E-state index >= 15 is 4.39 Å². The van der Waals surface area contributed by atoms with E-state index in [0.717, 1.165) is 23.1 Å². The van der Waals surface area contributed by atoms with Gasteiger partial charge >= 0.3 is 6.18 Å². The molecule has 2 amide bonds. The summed E-state index contributed by atoms with van der Waals surface area (Å²) in [4.78, 5) is 41.0. The number of carbonyl (C=O) groups is 2. The van der Waals surface area contributed by atoms with Crippen molar-refractivity contribution in [1.82, 2.24) is 15.5 Å². The number of amides is 2. The molecule has 6 rings (SSSR count). The largest absolute Gasteiger partial charge is 0.416 e. The summed E-state index contributed by atoms with van der Waals surface area (Å²) in [6, 6.07) is 18.3. The van der Waals surface area contributed by atoms with Crippen LogP contribution in [0.25, 0.3) is 10.8 Å². The number of aromatic nitrogens is 2. The van der Waals surface area contributed by atoms with E-state index in [-0.39, 0.29) is 51.7 Å². The normalized spacial score (nSPS) is 14.5. The van der Waals surface area contributed by atoms with Gasteiger partial charge in [0.1, 0.15) is 17.2 Å². The van der Waals surface area contributed by atoms with Gasteiger partial charge in [-0.3, -0.25) is 19.3 Å². The second-order valence-electron chi connectivity index (χ2n) is 12.3. The molecule has 14 heteroatoms. The lowest BCUT2D eigenvalue weighted by Gasteiger charge is -2.29. The predicted octanol–water partition coefficient (Wildman–Crippen LogP) is 6.97. The average molecular weight is 706 g/mol. The summed E-state index contributed by atoms with van der Waals surface area (Å²) in [5.74, 6) is -2.97. The van der Waals surface area contributed by atoms with Gasteiger partial charge in [-0.1, -0.05) is 36.4 Å². The lowest BCUT2D eigenvalue weighted by molar-refractivity contribution is -0.138. The SMILES string of the molecule is Cc1ccc(N2C(=O)C(C)(C)N(c3ccc(CNC(=O)c4cc(Cc5n[nH]c(=O)c6ccccc56)ccc4F)c(F)c3)C2=S)cc1C(F)(F)F. The summed E-state index contributed by atoms with van der Waals surface area (Å²) in [5.41, 5.74) is -1.75. The van der Waals surface area contributed by atoms with Gasteiger partial charge in [-0.05, 0) is 86.6 Å². The molecule has 1 aliphatic rings. The van der Waals surface area contributed by atoms with Crippen molar-refractivity contribution in [2.45, 2.75) is 45.5 Å². The van der Waals surface area contributed by atoms with Crippen molar-refractivity contribution in [3.8, 4) is 0 Å². The first-order valence-corrected chi connectivity index (χ1v) is 15.7. The minimum atomic E-state index is -4.65. The fraction of sp³-hybridized carbons (Fsp3) is 0.194. The summed E-state index contributed by atoms with van der Waals surface area (Å²) < 4.78 is 71.1. The Kier molecular flexibility index (Phi) is 8.76. The Bertz CT molecular complexity index is 2270. The molecule has 1 saturated heterocycles. The number of hydrogen-bond donors (Lipinski definition) is 2. The quantitative estimate of drug-likeness (QED) is 0.140. The topological polar surface area (TPSA) is 98.4 Å². The summed E-state index contributed by atoms with van der Waals surface area (Å²) in [6.07, 6.45) is -4.46. The lowest BCUT2D eigenvalue weighted by atomic mass is 10.0. The van der Waals surface area contributed by atoms with Crippen molar-refractivity contribution in [3.05, 3.63) is 134 Å². The van der Waals surface area contributed by atoms with E-state index in [1.54, 1.807) is 24.3 Å². The number of nitrogens with one attached hydrogen (secondary N) is 2. The summed E-state index contributed by atoms with van der Waals surface area (Å²) >= 11 is 5.55. The molecule has 8 nitrogen and oxygen atoms in total. The molecule has 4 aromatic carbocycles. The maximum Gasteiger partial charge on any atom is 0.416 e. The van der Waals surface area contributed by atoms with Gasteiger partial charge in [0.2, 0.25) is 0 Å². The monoisotopic (exact) mass is 705 g/mol. The molecule has 0 unspecified atom stereocenters. The zero-order valence-electron chi connectivity index (χ0n) is 26.8. The smallest absolute Gasteiger partial charge is 0.348 e. The van der Waals surface area contributed by atoms with Crippen molar-refractivity contribution in [2.75, 3.05) is 9.80 Å². The van der Waals surface area contributed by atoms with Crippen LogP contribution in [0.4, 0.5) is 33.3 Å². The van der Waals surface area contributed by atoms with Gasteiger partial charge in [0, 0.05) is 29.6 Å². The van der Waals surface area contributed by atoms with Gasteiger partial charge in [-0.2, -0.15) is 18.3 Å². The number of benzene rings is 4. The molecule has 1 fully saturated rings. The Hall–Kier alpha value is -5.50. The van der Waals surface area contributed by atoms with Crippen LogP contribution in [0.2, 0.25) is 0 Å². The molecule has 0 spiro atoms. The van der Waals surface area contributed by atoms with Crippen LogP contribution in [0.15, 0.2) is 83.7 Å². The number of nitrogens with zero attached hydrogens (tertiary/aromatic N) is 3. The molecule has 2 heterocycles. The molecule has 2 N–H and O–H groups in total. The van der Waals surface area contributed by atoms with E-state index in [0.29, 0.717) is 22.0 Å². The van der Waals surface area contributed by atoms with Crippen LogP contribution < -0.4 is 20.7 Å². The molecular weight excluding hydrogens is 677 g/mol. The Morgan fingerprint density at radius 3 is 2.32 bits per heavy atom. The number of carbonyl (C=O) groups excluding carboxylic acids is 2. The second kappa shape index (κ2) is 12.8. The van der Waals surface area contributed by atoms with Crippen molar-refractivity contribution in [3.63, 3.8) is 0 Å². The molecule has 0 saturated carbocycles. The number of alkyl halides is 3. The highest BCUT2D eigenvalue weighted by molar-refractivity contribution is 7.81. The van der Waals surface area contributed by atoms with Crippen LogP contribution in [-0.4, -0.2) is 32.7 Å². The first kappa shape index (κ1) is 34.4. The molecule has 0 aliphatic carbocycles. The number of anilines is 2. The Labute approximate surface area is 287 Å². The standard InChI is InChI=1S/C36H28F5N5O3S/c1-19-8-11-22(16-27(19)36(39,40)41)45-33(49)35(2,3)46(34(45)50)23-12-10-21(29(38)17-23)18-42-31(47)26-14-20(9-13-28(26)37)15-30-24-6-4-5-7-25(24)32(48)44-43-30/h4-14,16-17H,15,18H2,1-3H3,(H,42,47)(H,44,48). The third kappa shape index (κ3) is 6.22. The Balaban J connectivity index is 1.19. The van der Waals surface area contributed by atoms with Gasteiger partial charge in [-0.15, -0.1) is 0 Å². The molecule has 0 atom stereocenters. The number of aromatic amines is 1. The Morgan fingerprint density at radius 2 is 1.62 bits per heavy atom. The fourth-order valence-corrected chi connectivity index (χ4v) is 6.48. The molecule has 1 aromatic heterocycles. The molecular formula is C36H28F5N5O3S. The maximum absolute atomic E-state index is 15.5. The van der Waals surface area contributed by atoms with Crippen LogP contribution in [-0.2, 0) is 23.9 Å². The third-order valence-corrected chi connectivity index (χ3v) is 8.97. The van der Waals surface area contributed by atoms with Crippen LogP contribution in [0, 0.1) is 18.6 Å². The van der Waals surface area contributed by atoms with Crippen molar-refractivity contribution >= 4 is 51.3 Å². The van der Waals surface area contributed by atoms with Gasteiger partial charge in [0.15, 0.2) is 5.11 Å². The van der Waals surface area contributed by atoms with E-state index in [1.807, 2.05) is 0 Å².